The number of hydrogen-bond acceptors (Lipinski definition) is 6. The van der Waals surface area contributed by atoms with Gasteiger partial charge in [0, 0.05) is 18.5 Å². The molecule has 41 heavy (non-hydrogen) atoms. The molecule has 1 amide bonds. The summed E-state index contributed by atoms with van der Waals surface area (Å²) in [6, 6.07) is 19.8. The van der Waals surface area contributed by atoms with Gasteiger partial charge in [-0.25, -0.2) is 4.98 Å². The molecular formula is C33H41N3O5. The van der Waals surface area contributed by atoms with Crippen molar-refractivity contribution in [1.29, 1.82) is 0 Å². The highest BCUT2D eigenvalue weighted by Gasteiger charge is 2.17. The van der Waals surface area contributed by atoms with E-state index in [0.29, 0.717) is 41.9 Å². The molecule has 0 aliphatic carbocycles. The summed E-state index contributed by atoms with van der Waals surface area (Å²) in [6.07, 6.45) is 3.67. The minimum atomic E-state index is -0.176. The van der Waals surface area contributed by atoms with Crippen LogP contribution in [0.1, 0.15) is 60.8 Å². The van der Waals surface area contributed by atoms with Crippen molar-refractivity contribution >= 4 is 16.9 Å². The summed E-state index contributed by atoms with van der Waals surface area (Å²) in [5, 5.41) is 3.00. The summed E-state index contributed by atoms with van der Waals surface area (Å²) >= 11 is 0. The third kappa shape index (κ3) is 7.31. The van der Waals surface area contributed by atoms with Crippen LogP contribution in [0.15, 0.2) is 60.7 Å². The van der Waals surface area contributed by atoms with Gasteiger partial charge in [0.2, 0.25) is 5.75 Å². The number of nitrogens with one attached hydrogen (secondary N) is 1. The number of amides is 1. The van der Waals surface area contributed by atoms with Crippen LogP contribution in [0, 0.1) is 0 Å². The number of hydrogen-bond donors (Lipinski definition) is 1. The molecule has 1 aromatic heterocycles. The molecule has 0 radical (unpaired) electrons. The molecule has 0 fully saturated rings. The highest BCUT2D eigenvalue weighted by Crippen LogP contribution is 2.38. The SMILES string of the molecule is COc1cc(C(=O)NCCCCCc2nc3ccccc3n2CCOc2ccccc2C(C)C)cc(OC)c1OC. The maximum atomic E-state index is 12.8. The number of methoxy groups -OCH3 is 3. The molecule has 0 unspecified atom stereocenters. The van der Waals surface area contributed by atoms with Gasteiger partial charge in [-0.1, -0.05) is 50.6 Å². The van der Waals surface area contributed by atoms with E-state index in [1.807, 2.05) is 18.2 Å². The van der Waals surface area contributed by atoms with E-state index in [0.717, 1.165) is 54.8 Å². The van der Waals surface area contributed by atoms with Gasteiger partial charge < -0.3 is 28.8 Å². The van der Waals surface area contributed by atoms with Gasteiger partial charge in [0.25, 0.3) is 5.91 Å². The number of imidazole rings is 1. The summed E-state index contributed by atoms with van der Waals surface area (Å²) in [5.74, 6) is 3.61. The van der Waals surface area contributed by atoms with Gasteiger partial charge in [0.15, 0.2) is 11.5 Å². The molecule has 3 aromatic carbocycles. The minimum absolute atomic E-state index is 0.176. The van der Waals surface area contributed by atoms with Gasteiger partial charge in [-0.2, -0.15) is 0 Å². The Balaban J connectivity index is 1.30. The van der Waals surface area contributed by atoms with E-state index in [4.69, 9.17) is 23.9 Å². The number of rotatable bonds is 15. The number of carbonyl (C=O) groups excluding carboxylic acids is 1. The number of nitrogens with zero attached hydrogens (tertiary/aromatic N) is 2. The second kappa shape index (κ2) is 14.4. The van der Waals surface area contributed by atoms with Crippen molar-refractivity contribution in [3.63, 3.8) is 0 Å². The Kier molecular flexibility index (Phi) is 10.5. The number of para-hydroxylation sites is 3. The van der Waals surface area contributed by atoms with Crippen molar-refractivity contribution in [2.45, 2.75) is 52.0 Å². The quantitative estimate of drug-likeness (QED) is 0.170. The standard InChI is InChI=1S/C33H41N3O5/c1-23(2)25-13-8-11-16-28(25)41-20-19-36-27-15-10-9-14-26(27)35-31(36)17-7-6-12-18-34-33(37)24-21-29(38-3)32(40-5)30(22-24)39-4/h8-11,13-16,21-23H,6-7,12,17-20H2,1-5H3,(H,34,37). The average Bonchev–Trinajstić information content (AvgIpc) is 3.35. The van der Waals surface area contributed by atoms with Crippen LogP contribution in [0.2, 0.25) is 0 Å². The van der Waals surface area contributed by atoms with E-state index in [1.165, 1.54) is 26.9 Å². The fourth-order valence-corrected chi connectivity index (χ4v) is 5.00. The van der Waals surface area contributed by atoms with Crippen molar-refractivity contribution in [3.8, 4) is 23.0 Å². The second-order valence-corrected chi connectivity index (χ2v) is 10.2. The number of carbonyl (C=O) groups is 1. The third-order valence-corrected chi connectivity index (χ3v) is 7.14. The molecule has 4 rings (SSSR count). The first kappa shape index (κ1) is 29.8. The van der Waals surface area contributed by atoms with Crippen LogP contribution in [-0.2, 0) is 13.0 Å². The van der Waals surface area contributed by atoms with Crippen LogP contribution in [0.3, 0.4) is 0 Å². The summed E-state index contributed by atoms with van der Waals surface area (Å²) in [6.45, 7) is 6.25. The monoisotopic (exact) mass is 559 g/mol. The first-order valence-corrected chi connectivity index (χ1v) is 14.2. The van der Waals surface area contributed by atoms with Gasteiger partial charge in [-0.05, 0) is 54.7 Å². The van der Waals surface area contributed by atoms with E-state index in [9.17, 15) is 4.79 Å². The van der Waals surface area contributed by atoms with E-state index in [1.54, 1.807) is 12.1 Å². The van der Waals surface area contributed by atoms with E-state index in [-0.39, 0.29) is 5.91 Å². The van der Waals surface area contributed by atoms with Crippen molar-refractivity contribution in [2.24, 2.45) is 0 Å². The fourth-order valence-electron chi connectivity index (χ4n) is 5.00. The van der Waals surface area contributed by atoms with Gasteiger partial charge in [0.1, 0.15) is 18.2 Å². The average molecular weight is 560 g/mol. The van der Waals surface area contributed by atoms with Crippen LogP contribution in [-0.4, -0.2) is 49.9 Å². The maximum absolute atomic E-state index is 12.8. The Morgan fingerprint density at radius 1 is 0.878 bits per heavy atom. The molecule has 8 nitrogen and oxygen atoms in total. The Bertz CT molecular complexity index is 1420. The number of fused-ring (bicyclic) bond motifs is 1. The second-order valence-electron chi connectivity index (χ2n) is 10.2. The molecule has 0 atom stereocenters. The molecule has 1 N–H and O–H groups in total. The Hall–Kier alpha value is -4.20. The van der Waals surface area contributed by atoms with Crippen LogP contribution >= 0.6 is 0 Å². The third-order valence-electron chi connectivity index (χ3n) is 7.14. The fraction of sp³-hybridized carbons (Fsp3) is 0.394. The summed E-state index contributed by atoms with van der Waals surface area (Å²) in [5.41, 5.74) is 3.82. The Morgan fingerprint density at radius 2 is 1.59 bits per heavy atom. The van der Waals surface area contributed by atoms with Gasteiger partial charge >= 0.3 is 0 Å². The zero-order valence-corrected chi connectivity index (χ0v) is 24.7. The molecule has 0 bridgehead atoms. The molecule has 0 aliphatic heterocycles. The number of aryl methyl sites for hydroxylation is 1. The topological polar surface area (TPSA) is 83.8 Å². The smallest absolute Gasteiger partial charge is 0.251 e. The normalized spacial score (nSPS) is 11.1. The van der Waals surface area contributed by atoms with Crippen LogP contribution in [0.25, 0.3) is 11.0 Å². The molecule has 8 heteroatoms. The summed E-state index contributed by atoms with van der Waals surface area (Å²) in [7, 11) is 4.61. The molecule has 1 heterocycles. The largest absolute Gasteiger partial charge is 0.493 e. The molecule has 0 spiro atoms. The van der Waals surface area contributed by atoms with Crippen molar-refractivity contribution in [3.05, 3.63) is 77.6 Å². The lowest BCUT2D eigenvalue weighted by molar-refractivity contribution is 0.0952. The van der Waals surface area contributed by atoms with Gasteiger partial charge in [-0.3, -0.25) is 4.79 Å². The lowest BCUT2D eigenvalue weighted by Crippen LogP contribution is -2.24. The summed E-state index contributed by atoms with van der Waals surface area (Å²) < 4.78 is 24.6. The molecule has 0 aliphatic rings. The molecule has 218 valence electrons. The van der Waals surface area contributed by atoms with E-state index < -0.39 is 0 Å². The minimum Gasteiger partial charge on any atom is -0.493 e. The Labute approximate surface area is 242 Å². The molecular weight excluding hydrogens is 518 g/mol. The Morgan fingerprint density at radius 3 is 2.29 bits per heavy atom. The molecule has 0 saturated heterocycles. The molecule has 0 saturated carbocycles. The summed E-state index contributed by atoms with van der Waals surface area (Å²) in [4.78, 5) is 17.7. The number of unbranched alkanes of at least 4 members (excludes halogenated alkanes) is 2. The van der Waals surface area contributed by atoms with Gasteiger partial charge in [0.05, 0.1) is 38.9 Å². The number of aromatic nitrogens is 2. The van der Waals surface area contributed by atoms with Crippen LogP contribution < -0.4 is 24.3 Å². The highest BCUT2D eigenvalue weighted by molar-refractivity contribution is 5.95. The van der Waals surface area contributed by atoms with Crippen molar-refractivity contribution in [1.82, 2.24) is 14.9 Å². The van der Waals surface area contributed by atoms with Crippen LogP contribution in [0.5, 0.6) is 23.0 Å². The maximum Gasteiger partial charge on any atom is 0.251 e. The first-order chi connectivity index (χ1) is 20.0. The zero-order chi connectivity index (χ0) is 29.2. The van der Waals surface area contributed by atoms with Crippen molar-refractivity contribution < 1.29 is 23.7 Å². The lowest BCUT2D eigenvalue weighted by Gasteiger charge is -2.15. The highest BCUT2D eigenvalue weighted by atomic mass is 16.5. The molecule has 4 aromatic rings. The first-order valence-electron chi connectivity index (χ1n) is 14.2. The predicted octanol–water partition coefficient (Wildman–Crippen LogP) is 6.41. The van der Waals surface area contributed by atoms with Crippen LogP contribution in [0.4, 0.5) is 0 Å². The van der Waals surface area contributed by atoms with E-state index in [2.05, 4.69) is 54.1 Å². The number of ether oxygens (including phenoxy) is 4. The van der Waals surface area contributed by atoms with E-state index >= 15 is 0 Å². The van der Waals surface area contributed by atoms with Crippen molar-refractivity contribution in [2.75, 3.05) is 34.5 Å². The lowest BCUT2D eigenvalue weighted by atomic mass is 10.0. The zero-order valence-electron chi connectivity index (χ0n) is 24.7. The predicted molar refractivity (Wildman–Crippen MR) is 162 cm³/mol. The number of benzene rings is 3. The van der Waals surface area contributed by atoms with Gasteiger partial charge in [-0.15, -0.1) is 0 Å².